The summed E-state index contributed by atoms with van der Waals surface area (Å²) in [5.74, 6) is -0.230. The minimum atomic E-state index is -3.65. The Hall–Kier alpha value is -6.09. The van der Waals surface area contributed by atoms with Crippen LogP contribution in [-0.4, -0.2) is 37.5 Å². The molecule has 0 aliphatic carbocycles. The fraction of sp³-hybridized carbons (Fsp3) is 0.0435. The van der Waals surface area contributed by atoms with Crippen LogP contribution >= 0.6 is 0 Å². The lowest BCUT2D eigenvalue weighted by Crippen LogP contribution is -2.82. The van der Waals surface area contributed by atoms with E-state index in [1.54, 1.807) is 4.57 Å². The molecule has 1 aliphatic rings. The molecule has 7 aromatic carbocycles. The van der Waals surface area contributed by atoms with Crippen LogP contribution in [0.2, 0.25) is 0 Å². The zero-order valence-electron chi connectivity index (χ0n) is 28.9. The highest BCUT2D eigenvalue weighted by Gasteiger charge is 2.69. The molecule has 0 spiro atoms. The molecule has 1 unspecified atom stereocenters. The Morgan fingerprint density at radius 2 is 0.615 bits per heavy atom. The highest BCUT2D eigenvalue weighted by molar-refractivity contribution is 7.14. The summed E-state index contributed by atoms with van der Waals surface area (Å²) in [6.07, 6.45) is 0. The van der Waals surface area contributed by atoms with Gasteiger partial charge in [-0.1, -0.05) is 212 Å². The van der Waals surface area contributed by atoms with E-state index in [1.807, 2.05) is 151 Å². The van der Waals surface area contributed by atoms with E-state index in [2.05, 4.69) is 72.8 Å². The van der Waals surface area contributed by atoms with Gasteiger partial charge in [0.15, 0.2) is 0 Å². The van der Waals surface area contributed by atoms with Crippen LogP contribution < -0.4 is 31.1 Å². The summed E-state index contributed by atoms with van der Waals surface area (Å²) < 4.78 is 3.75. The Morgan fingerprint density at radius 3 is 0.904 bits per heavy atom. The molecule has 7 aromatic rings. The Labute approximate surface area is 307 Å². The molecule has 252 valence electrons. The summed E-state index contributed by atoms with van der Waals surface area (Å²) in [5.41, 5.74) is -0.615. The third-order valence-corrected chi connectivity index (χ3v) is 20.0. The fourth-order valence-electron chi connectivity index (χ4n) is 8.33. The van der Waals surface area contributed by atoms with Crippen LogP contribution in [0, 0.1) is 0 Å². The van der Waals surface area contributed by atoms with Gasteiger partial charge in [-0.3, -0.25) is 9.36 Å². The van der Waals surface area contributed by atoms with Gasteiger partial charge in [-0.15, -0.1) is 0 Å². The number of amides is 3. The molecule has 6 heteroatoms. The van der Waals surface area contributed by atoms with Crippen molar-refractivity contribution in [3.63, 3.8) is 0 Å². The van der Waals surface area contributed by atoms with Crippen LogP contribution in [0.3, 0.4) is 0 Å². The molecule has 1 aliphatic heterocycles. The van der Waals surface area contributed by atoms with E-state index in [1.165, 1.54) is 0 Å². The van der Waals surface area contributed by atoms with Crippen LogP contribution in [0.5, 0.6) is 0 Å². The SMILES string of the molecule is CC1(c2ccccc2)C(=O)N([Si](c2ccccc2)(c2ccccc2)c2ccccc2)C(=O)N1[Si](c1ccccc1)(c1ccccc1)c1ccccc1. The lowest BCUT2D eigenvalue weighted by molar-refractivity contribution is -0.129. The fourth-order valence-corrected chi connectivity index (χ4v) is 18.2. The molecule has 0 N–H and O–H groups in total. The van der Waals surface area contributed by atoms with Crippen LogP contribution in [0.4, 0.5) is 4.79 Å². The first-order valence-corrected chi connectivity index (χ1v) is 21.5. The van der Waals surface area contributed by atoms with E-state index in [4.69, 9.17) is 0 Å². The van der Waals surface area contributed by atoms with Crippen molar-refractivity contribution < 1.29 is 9.59 Å². The molecule has 52 heavy (non-hydrogen) atoms. The van der Waals surface area contributed by atoms with Crippen molar-refractivity contribution in [3.05, 3.63) is 218 Å². The largest absolute Gasteiger partial charge is 0.321 e. The van der Waals surface area contributed by atoms with Gasteiger partial charge in [0.2, 0.25) is 0 Å². The summed E-state index contributed by atoms with van der Waals surface area (Å²) >= 11 is 0. The van der Waals surface area contributed by atoms with Gasteiger partial charge in [-0.2, -0.15) is 0 Å². The van der Waals surface area contributed by atoms with Crippen molar-refractivity contribution in [2.75, 3.05) is 0 Å². The van der Waals surface area contributed by atoms with Crippen molar-refractivity contribution in [1.82, 2.24) is 9.13 Å². The molecule has 1 saturated heterocycles. The highest BCUT2D eigenvalue weighted by atomic mass is 28.3. The van der Waals surface area contributed by atoms with Crippen LogP contribution in [0.15, 0.2) is 212 Å². The third kappa shape index (κ3) is 4.94. The van der Waals surface area contributed by atoms with E-state index in [0.29, 0.717) is 0 Å². The second kappa shape index (κ2) is 13.6. The van der Waals surface area contributed by atoms with Gasteiger partial charge in [-0.25, -0.2) is 4.79 Å². The van der Waals surface area contributed by atoms with Crippen molar-refractivity contribution in [2.45, 2.75) is 12.5 Å². The second-order valence-corrected chi connectivity index (χ2v) is 20.5. The van der Waals surface area contributed by atoms with Gasteiger partial charge in [0.25, 0.3) is 22.4 Å². The predicted molar refractivity (Wildman–Crippen MR) is 216 cm³/mol. The lowest BCUT2D eigenvalue weighted by atomic mass is 9.92. The lowest BCUT2D eigenvalue weighted by Gasteiger charge is -2.47. The van der Waals surface area contributed by atoms with Crippen molar-refractivity contribution in [2.24, 2.45) is 0 Å². The minimum absolute atomic E-state index is 0.230. The topological polar surface area (TPSA) is 40.6 Å². The number of imide groups is 1. The third-order valence-electron chi connectivity index (χ3n) is 10.6. The molecule has 8 rings (SSSR count). The standard InChI is InChI=1S/C46H38N2O2Si2/c1-46(37-23-9-2-10-24-37)44(49)47(51(38-25-11-3-12-26-38,39-27-13-4-14-28-39)40-29-15-5-16-30-40)45(50)48(46)52(41-31-17-6-18-32-41,42-33-19-7-20-34-42)43-35-21-8-22-36-43/h2-36H,1H3. The average molecular weight is 707 g/mol. The number of rotatable bonds is 9. The first-order chi connectivity index (χ1) is 25.5. The normalized spacial score (nSPS) is 16.2. The second-order valence-electron chi connectivity index (χ2n) is 13.3. The Kier molecular flexibility index (Phi) is 8.63. The average Bonchev–Trinajstić information content (AvgIpc) is 3.43. The van der Waals surface area contributed by atoms with Gasteiger partial charge >= 0.3 is 6.03 Å². The molecule has 1 heterocycles. The number of benzene rings is 7. The molecule has 0 bridgehead atoms. The zero-order chi connectivity index (χ0) is 35.6. The molecular weight excluding hydrogens is 669 g/mol. The Balaban J connectivity index is 1.55. The molecule has 1 atom stereocenters. The summed E-state index contributed by atoms with van der Waals surface area (Å²) in [6.45, 7) is 1.97. The molecule has 0 saturated carbocycles. The van der Waals surface area contributed by atoms with Gasteiger partial charge in [0, 0.05) is 0 Å². The van der Waals surface area contributed by atoms with Gasteiger partial charge in [-0.05, 0) is 43.6 Å². The Morgan fingerprint density at radius 1 is 0.365 bits per heavy atom. The Bertz CT molecular complexity index is 2100. The summed E-state index contributed by atoms with van der Waals surface area (Å²) in [5, 5.41) is 5.92. The van der Waals surface area contributed by atoms with E-state index in [9.17, 15) is 0 Å². The smallest absolute Gasteiger partial charge is 0.313 e. The van der Waals surface area contributed by atoms with Crippen LogP contribution in [-0.2, 0) is 10.3 Å². The van der Waals surface area contributed by atoms with Crippen molar-refractivity contribution in [3.8, 4) is 0 Å². The molecule has 0 radical (unpaired) electrons. The maximum Gasteiger partial charge on any atom is 0.313 e. The summed E-state index contributed by atoms with van der Waals surface area (Å²) in [6, 6.07) is 71.3. The van der Waals surface area contributed by atoms with Crippen molar-refractivity contribution in [1.29, 1.82) is 0 Å². The van der Waals surface area contributed by atoms with E-state index in [-0.39, 0.29) is 11.9 Å². The summed E-state index contributed by atoms with van der Waals surface area (Å²) in [4.78, 5) is 32.8. The number of nitrogens with zero attached hydrogens (tertiary/aromatic N) is 2. The maximum atomic E-state index is 16.5. The van der Waals surface area contributed by atoms with Gasteiger partial charge in [0.1, 0.15) is 5.54 Å². The number of carbonyl (C=O) groups is 2. The maximum absolute atomic E-state index is 16.5. The van der Waals surface area contributed by atoms with E-state index in [0.717, 1.165) is 36.7 Å². The molecule has 0 aromatic heterocycles. The monoisotopic (exact) mass is 706 g/mol. The predicted octanol–water partition coefficient (Wildman–Crippen LogP) is 5.50. The molecule has 3 amide bonds. The van der Waals surface area contributed by atoms with Gasteiger partial charge in [0.05, 0.1) is 0 Å². The highest BCUT2D eigenvalue weighted by Crippen LogP contribution is 2.43. The summed E-state index contributed by atoms with van der Waals surface area (Å²) in [7, 11) is -7.24. The van der Waals surface area contributed by atoms with Crippen LogP contribution in [0.25, 0.3) is 0 Å². The first kappa shape index (κ1) is 33.1. The van der Waals surface area contributed by atoms with E-state index < -0.39 is 22.0 Å². The molecule has 1 fully saturated rings. The zero-order valence-corrected chi connectivity index (χ0v) is 30.9. The quantitative estimate of drug-likeness (QED) is 0.113. The molecule has 4 nitrogen and oxygen atoms in total. The number of hydrogen-bond donors (Lipinski definition) is 0. The van der Waals surface area contributed by atoms with Crippen LogP contribution in [0.1, 0.15) is 12.5 Å². The van der Waals surface area contributed by atoms with E-state index >= 15 is 9.59 Å². The molecular formula is C46H38N2O2Si2. The van der Waals surface area contributed by atoms with Crippen molar-refractivity contribution >= 4 is 59.5 Å². The number of urea groups is 1. The number of hydrogen-bond acceptors (Lipinski definition) is 2. The minimum Gasteiger partial charge on any atom is -0.321 e. The van der Waals surface area contributed by atoms with Gasteiger partial charge < -0.3 is 4.57 Å². The first-order valence-electron chi connectivity index (χ1n) is 17.6. The number of carbonyl (C=O) groups excluding carboxylic acids is 2.